The van der Waals surface area contributed by atoms with Crippen molar-refractivity contribution in [3.63, 3.8) is 0 Å². The predicted molar refractivity (Wildman–Crippen MR) is 122 cm³/mol. The van der Waals surface area contributed by atoms with Gasteiger partial charge in [-0.05, 0) is 17.7 Å². The normalized spacial score (nSPS) is 18.3. The van der Waals surface area contributed by atoms with Crippen LogP contribution in [0.3, 0.4) is 0 Å². The summed E-state index contributed by atoms with van der Waals surface area (Å²) in [5.41, 5.74) is 3.70. The van der Waals surface area contributed by atoms with Gasteiger partial charge in [0.1, 0.15) is 21.8 Å². The Bertz CT molecular complexity index is 1190. The minimum atomic E-state index is -0.602. The highest BCUT2D eigenvalue weighted by Gasteiger charge is 2.49. The molecule has 2 aromatic carbocycles. The monoisotopic (exact) mass is 453 g/mol. The number of hydrogen-bond acceptors (Lipinski definition) is 6. The van der Waals surface area contributed by atoms with Crippen molar-refractivity contribution in [3.8, 4) is 27.7 Å². The molecule has 3 heterocycles. The van der Waals surface area contributed by atoms with Gasteiger partial charge in [0, 0.05) is 16.3 Å². The van der Waals surface area contributed by atoms with Gasteiger partial charge in [0.2, 0.25) is 5.91 Å². The number of carbonyl (C=O) groups excluding carboxylic acids is 1. The van der Waals surface area contributed by atoms with Crippen LogP contribution in [0, 0.1) is 0 Å². The van der Waals surface area contributed by atoms with E-state index in [-0.39, 0.29) is 11.9 Å². The molecule has 2 atom stereocenters. The molecule has 0 bridgehead atoms. The fraction of sp³-hybridized carbons (Fsp3) is 0.136. The van der Waals surface area contributed by atoms with Crippen molar-refractivity contribution in [3.05, 3.63) is 70.9 Å². The number of alkyl halides is 1. The summed E-state index contributed by atoms with van der Waals surface area (Å²) in [6, 6.07) is 17.4. The molecule has 0 N–H and O–H groups in total. The largest absolute Gasteiger partial charge is 0.497 e. The Morgan fingerprint density at radius 3 is 2.43 bits per heavy atom. The quantitative estimate of drug-likeness (QED) is 0.290. The van der Waals surface area contributed by atoms with Gasteiger partial charge in [0.15, 0.2) is 5.13 Å². The number of thiazole rings is 2. The maximum Gasteiger partial charge on any atom is 0.249 e. The third-order valence-corrected chi connectivity index (χ3v) is 7.11. The Balaban J connectivity index is 1.41. The van der Waals surface area contributed by atoms with Gasteiger partial charge in [-0.15, -0.1) is 34.3 Å². The molecular weight excluding hydrogens is 438 g/mol. The summed E-state index contributed by atoms with van der Waals surface area (Å²) < 4.78 is 5.22. The Morgan fingerprint density at radius 1 is 0.967 bits per heavy atom. The maximum absolute atomic E-state index is 12.5. The summed E-state index contributed by atoms with van der Waals surface area (Å²) in [4.78, 5) is 23.6. The first-order valence-corrected chi connectivity index (χ1v) is 11.4. The van der Waals surface area contributed by atoms with Crippen molar-refractivity contribution in [2.24, 2.45) is 0 Å². The smallest absolute Gasteiger partial charge is 0.249 e. The zero-order chi connectivity index (χ0) is 20.7. The molecule has 1 aliphatic rings. The SMILES string of the molecule is COc1ccc(C2C(Cl)C(=O)N2c2nc(-c3nc(-c4ccccc4)cs3)cs2)cc1. The number of anilines is 1. The van der Waals surface area contributed by atoms with Gasteiger partial charge in [-0.25, -0.2) is 9.97 Å². The summed E-state index contributed by atoms with van der Waals surface area (Å²) in [6.45, 7) is 0. The first kappa shape index (κ1) is 19.2. The second-order valence-electron chi connectivity index (χ2n) is 6.75. The van der Waals surface area contributed by atoms with Crippen molar-refractivity contribution in [2.75, 3.05) is 12.0 Å². The van der Waals surface area contributed by atoms with E-state index >= 15 is 0 Å². The summed E-state index contributed by atoms with van der Waals surface area (Å²) in [5.74, 6) is 0.624. The number of hydrogen-bond donors (Lipinski definition) is 0. The van der Waals surface area contributed by atoms with Gasteiger partial charge in [-0.2, -0.15) is 0 Å². The fourth-order valence-electron chi connectivity index (χ4n) is 3.39. The second-order valence-corrected chi connectivity index (χ2v) is 8.91. The van der Waals surface area contributed by atoms with E-state index in [4.69, 9.17) is 26.3 Å². The average molecular weight is 454 g/mol. The highest BCUT2D eigenvalue weighted by atomic mass is 35.5. The molecule has 1 aliphatic heterocycles. The molecule has 5 nitrogen and oxygen atoms in total. The standard InChI is InChI=1S/C22H16ClN3O2S2/c1-28-15-9-7-14(8-10-15)19-18(23)21(27)26(19)22-25-17(12-30-22)20-24-16(11-29-20)13-5-3-2-4-6-13/h2-12,18-19H,1H3. The van der Waals surface area contributed by atoms with E-state index in [1.54, 1.807) is 23.3 Å². The Labute approximate surface area is 186 Å². The molecule has 30 heavy (non-hydrogen) atoms. The first-order valence-electron chi connectivity index (χ1n) is 9.23. The molecule has 0 spiro atoms. The van der Waals surface area contributed by atoms with Gasteiger partial charge >= 0.3 is 0 Å². The van der Waals surface area contributed by atoms with Crippen molar-refractivity contribution < 1.29 is 9.53 Å². The minimum absolute atomic E-state index is 0.137. The molecule has 0 aliphatic carbocycles. The third-order valence-electron chi connectivity index (χ3n) is 4.98. The zero-order valence-corrected chi connectivity index (χ0v) is 18.2. The van der Waals surface area contributed by atoms with Crippen LogP contribution < -0.4 is 9.64 Å². The van der Waals surface area contributed by atoms with Crippen LogP contribution in [0.2, 0.25) is 0 Å². The number of halogens is 1. The number of amides is 1. The van der Waals surface area contributed by atoms with Crippen LogP contribution >= 0.6 is 34.3 Å². The number of benzene rings is 2. The molecule has 1 amide bonds. The van der Waals surface area contributed by atoms with E-state index in [1.807, 2.05) is 65.4 Å². The Hall–Kier alpha value is -2.74. The van der Waals surface area contributed by atoms with Gasteiger partial charge < -0.3 is 4.74 Å². The number of nitrogens with zero attached hydrogens (tertiary/aromatic N) is 3. The summed E-state index contributed by atoms with van der Waals surface area (Å²) >= 11 is 9.32. The van der Waals surface area contributed by atoms with Crippen LogP contribution in [0.4, 0.5) is 5.13 Å². The molecular formula is C22H16ClN3O2S2. The number of methoxy groups -OCH3 is 1. The van der Waals surface area contributed by atoms with Gasteiger partial charge in [0.05, 0.1) is 18.8 Å². The lowest BCUT2D eigenvalue weighted by Gasteiger charge is -2.42. The molecule has 150 valence electrons. The summed E-state index contributed by atoms with van der Waals surface area (Å²) in [7, 11) is 1.62. The lowest BCUT2D eigenvalue weighted by atomic mass is 9.94. The third kappa shape index (κ3) is 3.29. The van der Waals surface area contributed by atoms with Gasteiger partial charge in [-0.1, -0.05) is 42.5 Å². The maximum atomic E-state index is 12.5. The predicted octanol–water partition coefficient (Wildman–Crippen LogP) is 5.64. The Kier molecular flexibility index (Phi) is 5.02. The van der Waals surface area contributed by atoms with Gasteiger partial charge in [0.25, 0.3) is 0 Å². The summed E-state index contributed by atoms with van der Waals surface area (Å²) in [6.07, 6.45) is 0. The molecule has 2 unspecified atom stereocenters. The Morgan fingerprint density at radius 2 is 1.70 bits per heavy atom. The fourth-order valence-corrected chi connectivity index (χ4v) is 5.47. The number of ether oxygens (including phenoxy) is 1. The summed E-state index contributed by atoms with van der Waals surface area (Å²) in [5, 5.41) is 4.81. The lowest BCUT2D eigenvalue weighted by molar-refractivity contribution is -0.123. The van der Waals surface area contributed by atoms with E-state index in [0.717, 1.165) is 33.3 Å². The van der Waals surface area contributed by atoms with Crippen LogP contribution in [0.1, 0.15) is 11.6 Å². The van der Waals surface area contributed by atoms with E-state index in [1.165, 1.54) is 11.3 Å². The molecule has 5 rings (SSSR count). The van der Waals surface area contributed by atoms with Crippen molar-refractivity contribution in [2.45, 2.75) is 11.4 Å². The molecule has 2 aromatic heterocycles. The number of carbonyl (C=O) groups is 1. The van der Waals surface area contributed by atoms with E-state index < -0.39 is 5.38 Å². The average Bonchev–Trinajstić information content (AvgIpc) is 3.47. The first-order chi connectivity index (χ1) is 14.7. The molecule has 0 saturated carbocycles. The number of rotatable bonds is 5. The van der Waals surface area contributed by atoms with Crippen LogP contribution in [0.15, 0.2) is 65.4 Å². The van der Waals surface area contributed by atoms with Crippen molar-refractivity contribution in [1.82, 2.24) is 9.97 Å². The zero-order valence-electron chi connectivity index (χ0n) is 15.9. The van der Waals surface area contributed by atoms with Crippen molar-refractivity contribution >= 4 is 45.3 Å². The highest BCUT2D eigenvalue weighted by molar-refractivity contribution is 7.16. The van der Waals surface area contributed by atoms with E-state index in [9.17, 15) is 4.79 Å². The molecule has 4 aromatic rings. The number of β-lactam (4-membered cyclic amide) rings is 1. The lowest BCUT2D eigenvalue weighted by Crippen LogP contribution is -2.56. The van der Waals surface area contributed by atoms with E-state index in [0.29, 0.717) is 5.13 Å². The molecule has 1 fully saturated rings. The van der Waals surface area contributed by atoms with Gasteiger partial charge in [-0.3, -0.25) is 9.69 Å². The second kappa shape index (κ2) is 7.83. The van der Waals surface area contributed by atoms with Crippen LogP contribution in [0.5, 0.6) is 5.75 Å². The number of aromatic nitrogens is 2. The van der Waals surface area contributed by atoms with Crippen LogP contribution in [-0.2, 0) is 4.79 Å². The topological polar surface area (TPSA) is 55.3 Å². The van der Waals surface area contributed by atoms with Crippen molar-refractivity contribution in [1.29, 1.82) is 0 Å². The molecule has 1 saturated heterocycles. The molecule has 8 heteroatoms. The van der Waals surface area contributed by atoms with E-state index in [2.05, 4.69) is 0 Å². The van der Waals surface area contributed by atoms with Crippen LogP contribution in [-0.4, -0.2) is 28.4 Å². The van der Waals surface area contributed by atoms with Crippen LogP contribution in [0.25, 0.3) is 22.0 Å². The molecule has 0 radical (unpaired) electrons. The highest BCUT2D eigenvalue weighted by Crippen LogP contribution is 2.44. The minimum Gasteiger partial charge on any atom is -0.497 e.